The van der Waals surface area contributed by atoms with Gasteiger partial charge >= 0.3 is 6.18 Å². The molecule has 1 unspecified atom stereocenters. The first kappa shape index (κ1) is 23.7. The summed E-state index contributed by atoms with van der Waals surface area (Å²) in [5.74, 6) is -3.18. The molecule has 8 heteroatoms. The summed E-state index contributed by atoms with van der Waals surface area (Å²) in [4.78, 5) is 40.7. The van der Waals surface area contributed by atoms with Gasteiger partial charge in [0.05, 0.1) is 5.57 Å². The molecule has 0 saturated heterocycles. The van der Waals surface area contributed by atoms with E-state index in [2.05, 4.69) is 0 Å². The second-order valence-corrected chi connectivity index (χ2v) is 9.52. The van der Waals surface area contributed by atoms with Crippen LogP contribution in [0.1, 0.15) is 42.6 Å². The Morgan fingerprint density at radius 2 is 1.56 bits per heavy atom. The molecule has 0 saturated carbocycles. The van der Waals surface area contributed by atoms with E-state index in [9.17, 15) is 27.6 Å². The molecule has 34 heavy (non-hydrogen) atoms. The maximum Gasteiger partial charge on any atom is 0.425 e. The lowest BCUT2D eigenvalue weighted by atomic mass is 9.72. The van der Waals surface area contributed by atoms with Crippen LogP contribution < -0.4 is 5.32 Å². The number of rotatable bonds is 5. The van der Waals surface area contributed by atoms with Crippen LogP contribution in [-0.4, -0.2) is 40.8 Å². The highest BCUT2D eigenvalue weighted by atomic mass is 19.4. The minimum absolute atomic E-state index is 0.0348. The number of Topliss-reactive ketones (excluding diaryl/α,β-unsaturated/α-hetero) is 1. The van der Waals surface area contributed by atoms with Gasteiger partial charge in [0.15, 0.2) is 5.78 Å². The monoisotopic (exact) mass is 470 g/mol. The van der Waals surface area contributed by atoms with E-state index in [-0.39, 0.29) is 30.6 Å². The summed E-state index contributed by atoms with van der Waals surface area (Å²) in [7, 11) is 0. The van der Waals surface area contributed by atoms with E-state index in [0.29, 0.717) is 6.42 Å². The van der Waals surface area contributed by atoms with E-state index >= 15 is 0 Å². The van der Waals surface area contributed by atoms with Gasteiger partial charge in [-0.05, 0) is 36.0 Å². The van der Waals surface area contributed by atoms with Crippen molar-refractivity contribution in [2.24, 2.45) is 5.41 Å². The lowest BCUT2D eigenvalue weighted by Crippen LogP contribution is -2.66. The zero-order valence-corrected chi connectivity index (χ0v) is 18.9. The molecular formula is C26H25F3N2O3. The predicted molar refractivity (Wildman–Crippen MR) is 120 cm³/mol. The van der Waals surface area contributed by atoms with Gasteiger partial charge in [-0.2, -0.15) is 13.2 Å². The summed E-state index contributed by atoms with van der Waals surface area (Å²) in [6.45, 7) is 3.53. The predicted octanol–water partition coefficient (Wildman–Crippen LogP) is 4.45. The molecule has 0 aromatic heterocycles. The van der Waals surface area contributed by atoms with Gasteiger partial charge in [-0.25, -0.2) is 0 Å². The van der Waals surface area contributed by atoms with E-state index in [0.717, 1.165) is 10.5 Å². The highest BCUT2D eigenvalue weighted by molar-refractivity contribution is 6.14. The zero-order chi connectivity index (χ0) is 24.7. The molecule has 0 bridgehead atoms. The fourth-order valence-electron chi connectivity index (χ4n) is 4.78. The number of ketones is 1. The Kier molecular flexibility index (Phi) is 5.87. The SMILES string of the molecule is CC1(C)CC(=O)C2=C(C1)N(CCc1ccccc1)C(=O)C2(NC(=O)c1ccccc1)C(F)(F)F. The first-order valence-corrected chi connectivity index (χ1v) is 11.0. The number of amides is 2. The van der Waals surface area contributed by atoms with Crippen molar-refractivity contribution < 1.29 is 27.6 Å². The molecule has 2 aliphatic rings. The van der Waals surface area contributed by atoms with E-state index in [1.165, 1.54) is 24.3 Å². The first-order valence-electron chi connectivity index (χ1n) is 11.0. The Hall–Kier alpha value is -3.42. The molecule has 1 N–H and O–H groups in total. The molecule has 1 heterocycles. The second-order valence-electron chi connectivity index (χ2n) is 9.52. The molecule has 0 fully saturated rings. The average molecular weight is 470 g/mol. The van der Waals surface area contributed by atoms with Crippen LogP contribution >= 0.6 is 0 Å². The summed E-state index contributed by atoms with van der Waals surface area (Å²) in [6, 6.07) is 16.4. The van der Waals surface area contributed by atoms with Gasteiger partial charge in [-0.3, -0.25) is 14.4 Å². The molecule has 2 amide bonds. The number of halogens is 3. The van der Waals surface area contributed by atoms with E-state index in [1.54, 1.807) is 32.0 Å². The second kappa shape index (κ2) is 8.42. The number of alkyl halides is 3. The molecule has 0 radical (unpaired) electrons. The van der Waals surface area contributed by atoms with Crippen molar-refractivity contribution in [1.29, 1.82) is 0 Å². The number of benzene rings is 2. The van der Waals surface area contributed by atoms with E-state index in [4.69, 9.17) is 0 Å². The number of hydrogen-bond donors (Lipinski definition) is 1. The van der Waals surface area contributed by atoms with Crippen LogP contribution in [0.25, 0.3) is 0 Å². The Morgan fingerprint density at radius 3 is 2.15 bits per heavy atom. The molecule has 1 atom stereocenters. The third-order valence-electron chi connectivity index (χ3n) is 6.35. The Balaban J connectivity index is 1.81. The largest absolute Gasteiger partial charge is 0.425 e. The van der Waals surface area contributed by atoms with Crippen molar-refractivity contribution in [1.82, 2.24) is 10.2 Å². The van der Waals surface area contributed by atoms with Gasteiger partial charge in [0.1, 0.15) is 0 Å². The summed E-state index contributed by atoms with van der Waals surface area (Å²) in [6.07, 6.45) is -4.94. The Bertz CT molecular complexity index is 1160. The molecule has 178 valence electrons. The number of carbonyl (C=O) groups is 3. The maximum absolute atomic E-state index is 14.8. The van der Waals surface area contributed by atoms with Crippen LogP contribution in [0, 0.1) is 5.41 Å². The van der Waals surface area contributed by atoms with E-state index in [1.807, 2.05) is 23.5 Å². The fraction of sp³-hybridized carbons (Fsp3) is 0.346. The molecular weight excluding hydrogens is 445 g/mol. The summed E-state index contributed by atoms with van der Waals surface area (Å²) in [5.41, 5.74) is -3.83. The molecule has 1 aliphatic heterocycles. The van der Waals surface area contributed by atoms with Crippen LogP contribution in [0.2, 0.25) is 0 Å². The van der Waals surface area contributed by atoms with Gasteiger partial charge in [0.2, 0.25) is 5.54 Å². The number of hydrogen-bond acceptors (Lipinski definition) is 3. The van der Waals surface area contributed by atoms with Crippen LogP contribution in [0.4, 0.5) is 13.2 Å². The lowest BCUT2D eigenvalue weighted by Gasteiger charge is -2.35. The van der Waals surface area contributed by atoms with Gasteiger partial charge in [0, 0.05) is 24.2 Å². The minimum Gasteiger partial charge on any atom is -0.326 e. The average Bonchev–Trinajstić information content (AvgIpc) is 3.00. The van der Waals surface area contributed by atoms with E-state index < -0.39 is 40.3 Å². The van der Waals surface area contributed by atoms with Crippen molar-refractivity contribution in [2.75, 3.05) is 6.54 Å². The molecule has 2 aromatic carbocycles. The maximum atomic E-state index is 14.8. The molecule has 0 spiro atoms. The Labute approximate surface area is 195 Å². The van der Waals surface area contributed by atoms with Crippen LogP contribution in [-0.2, 0) is 16.0 Å². The smallest absolute Gasteiger partial charge is 0.326 e. The van der Waals surface area contributed by atoms with Crippen molar-refractivity contribution in [2.45, 2.75) is 44.8 Å². The van der Waals surface area contributed by atoms with Crippen LogP contribution in [0.15, 0.2) is 71.9 Å². The van der Waals surface area contributed by atoms with Gasteiger partial charge in [-0.1, -0.05) is 62.4 Å². The number of nitrogens with one attached hydrogen (secondary N) is 1. The third-order valence-corrected chi connectivity index (χ3v) is 6.35. The van der Waals surface area contributed by atoms with Crippen LogP contribution in [0.5, 0.6) is 0 Å². The number of nitrogens with zero attached hydrogens (tertiary/aromatic N) is 1. The highest BCUT2D eigenvalue weighted by Crippen LogP contribution is 2.51. The quantitative estimate of drug-likeness (QED) is 0.703. The van der Waals surface area contributed by atoms with Crippen LogP contribution in [0.3, 0.4) is 0 Å². The number of carbonyl (C=O) groups excluding carboxylic acids is 3. The summed E-state index contributed by atoms with van der Waals surface area (Å²) in [5, 5.41) is 1.95. The zero-order valence-electron chi connectivity index (χ0n) is 18.9. The van der Waals surface area contributed by atoms with Crippen molar-refractivity contribution in [3.05, 3.63) is 83.1 Å². The molecule has 2 aromatic rings. The minimum atomic E-state index is -5.21. The lowest BCUT2D eigenvalue weighted by molar-refractivity contribution is -0.190. The normalized spacial score (nSPS) is 22.1. The molecule has 4 rings (SSSR count). The van der Waals surface area contributed by atoms with Gasteiger partial charge in [0.25, 0.3) is 11.8 Å². The molecule has 5 nitrogen and oxygen atoms in total. The van der Waals surface area contributed by atoms with Crippen molar-refractivity contribution >= 4 is 17.6 Å². The summed E-state index contributed by atoms with van der Waals surface area (Å²) >= 11 is 0. The fourth-order valence-corrected chi connectivity index (χ4v) is 4.78. The third kappa shape index (κ3) is 4.02. The topological polar surface area (TPSA) is 66.5 Å². The van der Waals surface area contributed by atoms with Gasteiger partial charge in [-0.15, -0.1) is 0 Å². The first-order chi connectivity index (χ1) is 16.0. The molecule has 1 aliphatic carbocycles. The Morgan fingerprint density at radius 1 is 0.971 bits per heavy atom. The van der Waals surface area contributed by atoms with Crippen molar-refractivity contribution in [3.8, 4) is 0 Å². The summed E-state index contributed by atoms with van der Waals surface area (Å²) < 4.78 is 44.3. The standard InChI is InChI=1S/C26H25F3N2O3/c1-24(2)15-19-21(20(32)16-24)25(26(27,28)29,30-22(33)18-11-7-4-8-12-18)23(34)31(19)14-13-17-9-5-3-6-10-17/h3-12H,13-16H2,1-2H3,(H,30,33). The van der Waals surface area contributed by atoms with Gasteiger partial charge < -0.3 is 10.2 Å². The van der Waals surface area contributed by atoms with Crippen molar-refractivity contribution in [3.63, 3.8) is 0 Å². The highest BCUT2D eigenvalue weighted by Gasteiger charge is 2.71. The number of allylic oxidation sites excluding steroid dienone is 1.